The Morgan fingerprint density at radius 2 is 1.83 bits per heavy atom. The highest BCUT2D eigenvalue weighted by Crippen LogP contribution is 2.62. The van der Waals surface area contributed by atoms with Crippen molar-refractivity contribution in [2.45, 2.75) is 40.3 Å². The molecule has 1 aromatic carbocycles. The van der Waals surface area contributed by atoms with E-state index in [1.807, 2.05) is 6.20 Å². The number of H-pyrrole nitrogens is 1. The van der Waals surface area contributed by atoms with Crippen molar-refractivity contribution in [2.75, 3.05) is 0 Å². The second-order valence-electron chi connectivity index (χ2n) is 6.61. The lowest BCUT2D eigenvalue weighted by Gasteiger charge is -2.08. The van der Waals surface area contributed by atoms with Crippen molar-refractivity contribution >= 4 is 10.9 Å². The van der Waals surface area contributed by atoms with Crippen LogP contribution in [0.2, 0.25) is 0 Å². The first-order valence-electron chi connectivity index (χ1n) is 6.73. The van der Waals surface area contributed by atoms with Crippen molar-refractivity contribution in [3.05, 3.63) is 36.0 Å². The highest BCUT2D eigenvalue weighted by atomic mass is 15.0. The van der Waals surface area contributed by atoms with E-state index in [1.54, 1.807) is 0 Å². The van der Waals surface area contributed by atoms with Gasteiger partial charge in [0.05, 0.1) is 0 Å². The monoisotopic (exact) mass is 242 g/mol. The van der Waals surface area contributed by atoms with Crippen LogP contribution in [0.4, 0.5) is 0 Å². The van der Waals surface area contributed by atoms with Crippen molar-refractivity contribution in [3.8, 4) is 0 Å². The molecule has 2 N–H and O–H groups in total. The third-order valence-corrected chi connectivity index (χ3v) is 5.20. The van der Waals surface area contributed by atoms with E-state index < -0.39 is 0 Å². The topological polar surface area (TPSA) is 27.8 Å². The molecule has 1 fully saturated rings. The quantitative estimate of drug-likeness (QED) is 0.844. The fourth-order valence-electron chi connectivity index (χ4n) is 3.22. The molecular weight excluding hydrogens is 220 g/mol. The van der Waals surface area contributed by atoms with Crippen molar-refractivity contribution in [1.29, 1.82) is 0 Å². The Balaban J connectivity index is 1.77. The summed E-state index contributed by atoms with van der Waals surface area (Å²) in [4.78, 5) is 3.27. The molecule has 0 bridgehead atoms. The van der Waals surface area contributed by atoms with Crippen LogP contribution in [-0.4, -0.2) is 11.0 Å². The minimum absolute atomic E-state index is 0.402. The lowest BCUT2D eigenvalue weighted by molar-refractivity contribution is 0.457. The molecule has 1 heterocycles. The molecule has 1 aromatic heterocycles. The number of hydrogen-bond acceptors (Lipinski definition) is 1. The van der Waals surface area contributed by atoms with Gasteiger partial charge in [0.15, 0.2) is 0 Å². The smallest absolute Gasteiger partial charge is 0.0457 e. The Morgan fingerprint density at radius 1 is 1.11 bits per heavy atom. The van der Waals surface area contributed by atoms with E-state index in [-0.39, 0.29) is 0 Å². The first kappa shape index (κ1) is 11.8. The Bertz CT molecular complexity index is 564. The zero-order valence-corrected chi connectivity index (χ0v) is 11.7. The standard InChI is InChI=1S/C16H22N2/c1-15(2)14(16(15,3)4)18-10-11-6-5-7-13-12(11)8-9-17-13/h5-9,14,17-18H,10H2,1-4H3. The summed E-state index contributed by atoms with van der Waals surface area (Å²) in [6.07, 6.45) is 2.01. The maximum absolute atomic E-state index is 3.72. The molecule has 96 valence electrons. The molecule has 0 unspecified atom stereocenters. The Labute approximate surface area is 109 Å². The van der Waals surface area contributed by atoms with Crippen LogP contribution in [0.5, 0.6) is 0 Å². The van der Waals surface area contributed by atoms with E-state index in [2.05, 4.69) is 62.3 Å². The molecule has 1 saturated carbocycles. The SMILES string of the molecule is CC1(C)C(NCc2cccc3[nH]ccc23)C1(C)C. The number of rotatable bonds is 3. The Kier molecular flexibility index (Phi) is 2.36. The summed E-state index contributed by atoms with van der Waals surface area (Å²) in [6, 6.07) is 9.24. The van der Waals surface area contributed by atoms with Gasteiger partial charge in [-0.3, -0.25) is 0 Å². The van der Waals surface area contributed by atoms with E-state index in [0.717, 1.165) is 6.54 Å². The van der Waals surface area contributed by atoms with Gasteiger partial charge in [0, 0.05) is 29.7 Å². The Morgan fingerprint density at radius 3 is 2.50 bits per heavy atom. The first-order valence-corrected chi connectivity index (χ1v) is 6.73. The molecule has 2 heteroatoms. The van der Waals surface area contributed by atoms with Crippen molar-refractivity contribution < 1.29 is 0 Å². The summed E-state index contributed by atoms with van der Waals surface area (Å²) in [5.74, 6) is 0. The average molecular weight is 242 g/mol. The molecule has 0 amide bonds. The number of aromatic amines is 1. The average Bonchev–Trinajstić information content (AvgIpc) is 2.71. The second-order valence-corrected chi connectivity index (χ2v) is 6.61. The van der Waals surface area contributed by atoms with Crippen LogP contribution in [0.1, 0.15) is 33.3 Å². The lowest BCUT2D eigenvalue weighted by atomic mass is 10.0. The van der Waals surface area contributed by atoms with Gasteiger partial charge in [-0.2, -0.15) is 0 Å². The molecule has 3 rings (SSSR count). The highest BCUT2D eigenvalue weighted by molar-refractivity contribution is 5.82. The van der Waals surface area contributed by atoms with E-state index in [0.29, 0.717) is 16.9 Å². The summed E-state index contributed by atoms with van der Waals surface area (Å²) in [7, 11) is 0. The van der Waals surface area contributed by atoms with Gasteiger partial charge >= 0.3 is 0 Å². The van der Waals surface area contributed by atoms with Crippen LogP contribution in [0.25, 0.3) is 10.9 Å². The molecule has 0 radical (unpaired) electrons. The molecule has 2 nitrogen and oxygen atoms in total. The van der Waals surface area contributed by atoms with Gasteiger partial charge in [-0.05, 0) is 28.5 Å². The minimum atomic E-state index is 0.402. The molecule has 1 aliphatic carbocycles. The molecule has 1 aliphatic rings. The molecular formula is C16H22N2. The van der Waals surface area contributed by atoms with Crippen LogP contribution < -0.4 is 5.32 Å². The maximum Gasteiger partial charge on any atom is 0.0457 e. The van der Waals surface area contributed by atoms with Crippen LogP contribution in [0.15, 0.2) is 30.5 Å². The van der Waals surface area contributed by atoms with Gasteiger partial charge in [-0.1, -0.05) is 39.8 Å². The third-order valence-electron chi connectivity index (χ3n) is 5.20. The molecule has 2 aromatic rings. The van der Waals surface area contributed by atoms with Gasteiger partial charge in [-0.25, -0.2) is 0 Å². The summed E-state index contributed by atoms with van der Waals surface area (Å²) < 4.78 is 0. The van der Waals surface area contributed by atoms with Crippen LogP contribution in [0.3, 0.4) is 0 Å². The van der Waals surface area contributed by atoms with E-state index in [1.165, 1.54) is 16.5 Å². The summed E-state index contributed by atoms with van der Waals surface area (Å²) in [5.41, 5.74) is 3.41. The fraction of sp³-hybridized carbons (Fsp3) is 0.500. The second kappa shape index (κ2) is 3.61. The lowest BCUT2D eigenvalue weighted by Crippen LogP contribution is -2.21. The number of hydrogen-bond donors (Lipinski definition) is 2. The van der Waals surface area contributed by atoms with Gasteiger partial charge < -0.3 is 10.3 Å². The minimum Gasteiger partial charge on any atom is -0.361 e. The van der Waals surface area contributed by atoms with Crippen LogP contribution in [-0.2, 0) is 6.54 Å². The molecule has 0 atom stereocenters. The van der Waals surface area contributed by atoms with Gasteiger partial charge in [0.1, 0.15) is 0 Å². The predicted molar refractivity (Wildman–Crippen MR) is 76.5 cm³/mol. The van der Waals surface area contributed by atoms with Crippen molar-refractivity contribution in [2.24, 2.45) is 10.8 Å². The van der Waals surface area contributed by atoms with Gasteiger partial charge in [-0.15, -0.1) is 0 Å². The van der Waals surface area contributed by atoms with Crippen LogP contribution >= 0.6 is 0 Å². The zero-order chi connectivity index (χ0) is 13.0. The van der Waals surface area contributed by atoms with Gasteiger partial charge in [0.2, 0.25) is 0 Å². The van der Waals surface area contributed by atoms with E-state index in [9.17, 15) is 0 Å². The zero-order valence-electron chi connectivity index (χ0n) is 11.7. The number of nitrogens with one attached hydrogen (secondary N) is 2. The summed E-state index contributed by atoms with van der Waals surface area (Å²) in [6.45, 7) is 10.3. The maximum atomic E-state index is 3.72. The normalized spacial score (nSPS) is 21.3. The third kappa shape index (κ3) is 1.52. The largest absolute Gasteiger partial charge is 0.361 e. The predicted octanol–water partition coefficient (Wildman–Crippen LogP) is 3.69. The van der Waals surface area contributed by atoms with Crippen LogP contribution in [0, 0.1) is 10.8 Å². The van der Waals surface area contributed by atoms with Gasteiger partial charge in [0.25, 0.3) is 0 Å². The molecule has 0 spiro atoms. The van der Waals surface area contributed by atoms with Crippen molar-refractivity contribution in [3.63, 3.8) is 0 Å². The van der Waals surface area contributed by atoms with Crippen molar-refractivity contribution in [1.82, 2.24) is 10.3 Å². The number of aromatic nitrogens is 1. The van der Waals surface area contributed by atoms with E-state index >= 15 is 0 Å². The molecule has 0 aliphatic heterocycles. The summed E-state index contributed by atoms with van der Waals surface area (Å²) >= 11 is 0. The number of fused-ring (bicyclic) bond motifs is 1. The summed E-state index contributed by atoms with van der Waals surface area (Å²) in [5, 5.41) is 5.06. The molecule has 0 saturated heterocycles. The highest BCUT2D eigenvalue weighted by Gasteiger charge is 2.64. The fourth-order valence-corrected chi connectivity index (χ4v) is 3.22. The first-order chi connectivity index (χ1) is 8.44. The molecule has 18 heavy (non-hydrogen) atoms. The Hall–Kier alpha value is -1.28. The van der Waals surface area contributed by atoms with E-state index in [4.69, 9.17) is 0 Å². The number of benzene rings is 1.